The highest BCUT2D eigenvalue weighted by molar-refractivity contribution is 7.89. The number of nitrogens with zero attached hydrogens (tertiary/aromatic N) is 2. The Morgan fingerprint density at radius 2 is 1.87 bits per heavy atom. The van der Waals surface area contributed by atoms with Crippen molar-refractivity contribution in [3.8, 4) is 0 Å². The van der Waals surface area contributed by atoms with E-state index in [0.717, 1.165) is 15.8 Å². The molecule has 0 unspecified atom stereocenters. The molecule has 0 fully saturated rings. The number of anilines is 1. The van der Waals surface area contributed by atoms with Crippen LogP contribution in [0.1, 0.15) is 38.6 Å². The maximum atomic E-state index is 13.6. The lowest BCUT2D eigenvalue weighted by atomic mass is 10.0. The lowest BCUT2D eigenvalue weighted by molar-refractivity contribution is 0.102. The van der Waals surface area contributed by atoms with Crippen molar-refractivity contribution in [2.75, 3.05) is 5.32 Å². The molecule has 0 saturated heterocycles. The minimum absolute atomic E-state index is 0.0276. The van der Waals surface area contributed by atoms with E-state index in [1.165, 1.54) is 29.7 Å². The van der Waals surface area contributed by atoms with E-state index in [4.69, 9.17) is 15.6 Å². The standard InChI is InChI=1S/C27H24N6O4S2/c1-16-30-23(15-37-16)26(34)31-19-8-5-9-20(14-19)39(35,36)33-22(13-17-6-4-7-18(12-17)25(28)29)27-32-21-10-2-3-11-24(21)38-27/h2-12,14-15,22,33H,13H2,1H3,(H3,28,29)(H,31,34)/t22-/m1/s1. The summed E-state index contributed by atoms with van der Waals surface area (Å²) in [4.78, 5) is 21.1. The number of carbonyl (C=O) groups excluding carboxylic acids is 1. The van der Waals surface area contributed by atoms with Crippen LogP contribution in [0.2, 0.25) is 0 Å². The predicted octanol–water partition coefficient (Wildman–Crippen LogP) is 4.39. The minimum Gasteiger partial charge on any atom is -0.448 e. The molecule has 39 heavy (non-hydrogen) atoms. The number of hydrogen-bond acceptors (Lipinski definition) is 8. The van der Waals surface area contributed by atoms with Crippen LogP contribution in [0.3, 0.4) is 0 Å². The number of oxazole rings is 1. The number of aromatic nitrogens is 2. The molecule has 5 rings (SSSR count). The quantitative estimate of drug-likeness (QED) is 0.153. The number of thiazole rings is 1. The van der Waals surface area contributed by atoms with Crippen LogP contribution in [0.25, 0.3) is 10.2 Å². The van der Waals surface area contributed by atoms with E-state index >= 15 is 0 Å². The van der Waals surface area contributed by atoms with Crippen molar-refractivity contribution in [1.82, 2.24) is 14.7 Å². The Hall–Kier alpha value is -4.39. The van der Waals surface area contributed by atoms with Crippen LogP contribution >= 0.6 is 11.3 Å². The van der Waals surface area contributed by atoms with Gasteiger partial charge in [0.05, 0.1) is 21.2 Å². The van der Waals surface area contributed by atoms with Crippen LogP contribution in [0.5, 0.6) is 0 Å². The molecule has 0 bridgehead atoms. The Morgan fingerprint density at radius 1 is 1.08 bits per heavy atom. The van der Waals surface area contributed by atoms with Gasteiger partial charge in [0.15, 0.2) is 11.6 Å². The van der Waals surface area contributed by atoms with Gasteiger partial charge in [0.2, 0.25) is 10.0 Å². The Bertz CT molecular complexity index is 1760. The van der Waals surface area contributed by atoms with E-state index in [2.05, 4.69) is 20.0 Å². The highest BCUT2D eigenvalue weighted by Crippen LogP contribution is 2.30. The van der Waals surface area contributed by atoms with Crippen molar-refractivity contribution in [3.63, 3.8) is 0 Å². The van der Waals surface area contributed by atoms with Crippen molar-refractivity contribution >= 4 is 49.0 Å². The van der Waals surface area contributed by atoms with Crippen molar-refractivity contribution in [2.24, 2.45) is 5.73 Å². The number of para-hydroxylation sites is 1. The fourth-order valence-corrected chi connectivity index (χ4v) is 6.32. The van der Waals surface area contributed by atoms with Gasteiger partial charge in [-0.25, -0.2) is 23.1 Å². The zero-order valence-electron chi connectivity index (χ0n) is 20.7. The molecule has 0 aliphatic carbocycles. The van der Waals surface area contributed by atoms with Crippen molar-refractivity contribution < 1.29 is 17.6 Å². The van der Waals surface area contributed by atoms with Crippen LogP contribution in [0, 0.1) is 12.3 Å². The average molecular weight is 561 g/mol. The normalized spacial score (nSPS) is 12.3. The Labute approximate surface area is 228 Å². The molecule has 2 heterocycles. The molecule has 0 aliphatic heterocycles. The van der Waals surface area contributed by atoms with Gasteiger partial charge in [-0.3, -0.25) is 10.2 Å². The van der Waals surface area contributed by atoms with E-state index in [0.29, 0.717) is 16.5 Å². The van der Waals surface area contributed by atoms with E-state index in [1.807, 2.05) is 30.3 Å². The van der Waals surface area contributed by atoms with Gasteiger partial charge in [-0.2, -0.15) is 0 Å². The third-order valence-electron chi connectivity index (χ3n) is 5.84. The predicted molar refractivity (Wildman–Crippen MR) is 149 cm³/mol. The monoisotopic (exact) mass is 560 g/mol. The molecule has 5 N–H and O–H groups in total. The number of aryl methyl sites for hydroxylation is 1. The molecule has 0 saturated carbocycles. The molecule has 1 amide bonds. The van der Waals surface area contributed by atoms with Gasteiger partial charge in [0, 0.05) is 18.2 Å². The second kappa shape index (κ2) is 10.8. The highest BCUT2D eigenvalue weighted by atomic mass is 32.2. The molecule has 10 nitrogen and oxygen atoms in total. The SMILES string of the molecule is Cc1nc(C(=O)Nc2cccc(S(=O)(=O)N[C@H](Cc3cccc(C(=N)N)c3)c3nc4ccccc4s3)c2)co1. The number of nitrogen functional groups attached to an aromatic ring is 1. The lowest BCUT2D eigenvalue weighted by Crippen LogP contribution is -2.30. The van der Waals surface area contributed by atoms with Gasteiger partial charge in [-0.1, -0.05) is 36.4 Å². The largest absolute Gasteiger partial charge is 0.448 e. The van der Waals surface area contributed by atoms with Crippen molar-refractivity contribution in [2.45, 2.75) is 24.3 Å². The molecule has 5 aromatic rings. The van der Waals surface area contributed by atoms with Crippen LogP contribution in [0.15, 0.2) is 88.4 Å². The summed E-state index contributed by atoms with van der Waals surface area (Å²) < 4.78 is 36.0. The minimum atomic E-state index is -4.05. The first-order chi connectivity index (χ1) is 18.7. The summed E-state index contributed by atoms with van der Waals surface area (Å²) in [7, 11) is -4.05. The first kappa shape index (κ1) is 26.2. The first-order valence-corrected chi connectivity index (χ1v) is 14.1. The molecule has 1 atom stereocenters. The van der Waals surface area contributed by atoms with Crippen LogP contribution in [0.4, 0.5) is 5.69 Å². The number of amides is 1. The molecule has 0 aliphatic rings. The van der Waals surface area contributed by atoms with Crippen LogP contribution in [-0.2, 0) is 16.4 Å². The van der Waals surface area contributed by atoms with Gasteiger partial charge in [0.25, 0.3) is 5.91 Å². The lowest BCUT2D eigenvalue weighted by Gasteiger charge is -2.18. The van der Waals surface area contributed by atoms with Crippen LogP contribution < -0.4 is 15.8 Å². The number of rotatable bonds is 9. The molecule has 12 heteroatoms. The van der Waals surface area contributed by atoms with Gasteiger partial charge >= 0.3 is 0 Å². The molecule has 2 aromatic heterocycles. The summed E-state index contributed by atoms with van der Waals surface area (Å²) in [5.41, 5.74) is 8.14. The fraction of sp³-hybridized carbons (Fsp3) is 0.111. The molecular formula is C27H24N6O4S2. The van der Waals surface area contributed by atoms with Crippen molar-refractivity contribution in [3.05, 3.63) is 107 Å². The number of nitrogens with two attached hydrogens (primary N) is 1. The van der Waals surface area contributed by atoms with Gasteiger partial charge in [-0.05, 0) is 48.4 Å². The summed E-state index contributed by atoms with van der Waals surface area (Å²) in [6.45, 7) is 1.62. The third kappa shape index (κ3) is 6.03. The van der Waals surface area contributed by atoms with Gasteiger partial charge in [-0.15, -0.1) is 11.3 Å². The highest BCUT2D eigenvalue weighted by Gasteiger charge is 2.25. The van der Waals surface area contributed by atoms with E-state index < -0.39 is 22.0 Å². The number of amidine groups is 1. The topological polar surface area (TPSA) is 164 Å². The van der Waals surface area contributed by atoms with E-state index in [-0.39, 0.29) is 28.5 Å². The second-order valence-electron chi connectivity index (χ2n) is 8.75. The second-order valence-corrected chi connectivity index (χ2v) is 11.5. The summed E-state index contributed by atoms with van der Waals surface area (Å²) in [5.74, 6) is -0.254. The Balaban J connectivity index is 1.45. The Morgan fingerprint density at radius 3 is 2.62 bits per heavy atom. The summed E-state index contributed by atoms with van der Waals surface area (Å²) >= 11 is 1.40. The number of nitrogens with one attached hydrogen (secondary N) is 3. The number of benzene rings is 3. The summed E-state index contributed by atoms with van der Waals surface area (Å²) in [6.07, 6.45) is 1.51. The summed E-state index contributed by atoms with van der Waals surface area (Å²) in [6, 6.07) is 19.9. The molecule has 3 aromatic carbocycles. The smallest absolute Gasteiger partial charge is 0.277 e. The maximum absolute atomic E-state index is 13.6. The first-order valence-electron chi connectivity index (χ1n) is 11.8. The third-order valence-corrected chi connectivity index (χ3v) is 8.46. The average Bonchev–Trinajstić information content (AvgIpc) is 3.55. The molecule has 0 radical (unpaired) electrons. The fourth-order valence-electron chi connectivity index (χ4n) is 3.98. The number of sulfonamides is 1. The number of hydrogen-bond donors (Lipinski definition) is 4. The van der Waals surface area contributed by atoms with E-state index in [1.54, 1.807) is 37.3 Å². The number of carbonyl (C=O) groups is 1. The Kier molecular flexibility index (Phi) is 7.24. The van der Waals surface area contributed by atoms with Crippen molar-refractivity contribution in [1.29, 1.82) is 5.41 Å². The molecule has 198 valence electrons. The van der Waals surface area contributed by atoms with E-state index in [9.17, 15) is 13.2 Å². The van der Waals surface area contributed by atoms with Crippen LogP contribution in [-0.4, -0.2) is 30.1 Å². The zero-order chi connectivity index (χ0) is 27.6. The molecular weight excluding hydrogens is 536 g/mol. The molecule has 0 spiro atoms. The van der Waals surface area contributed by atoms with Gasteiger partial charge < -0.3 is 15.5 Å². The summed E-state index contributed by atoms with van der Waals surface area (Å²) in [5, 5.41) is 11.0. The number of fused-ring (bicyclic) bond motifs is 1. The maximum Gasteiger partial charge on any atom is 0.277 e. The zero-order valence-corrected chi connectivity index (χ0v) is 22.3. The van der Waals surface area contributed by atoms with Gasteiger partial charge in [0.1, 0.15) is 17.1 Å².